The van der Waals surface area contributed by atoms with Gasteiger partial charge >= 0.3 is 5.97 Å². The van der Waals surface area contributed by atoms with Gasteiger partial charge < -0.3 is 4.74 Å². The summed E-state index contributed by atoms with van der Waals surface area (Å²) >= 11 is 11.1. The van der Waals surface area contributed by atoms with Gasteiger partial charge in [0.1, 0.15) is 11.1 Å². The number of hydrogen-bond donors (Lipinski definition) is 0. The van der Waals surface area contributed by atoms with E-state index in [0.717, 1.165) is 0 Å². The van der Waals surface area contributed by atoms with E-state index in [0.29, 0.717) is 0 Å². The Hall–Kier alpha value is -1.34. The Balaban J connectivity index is 2.16. The molecular formula is C15H11Cl2F5O2. The number of esters is 1. The summed E-state index contributed by atoms with van der Waals surface area (Å²) in [5, 5.41) is 0. The summed E-state index contributed by atoms with van der Waals surface area (Å²) in [5.74, 6) is -12.4. The van der Waals surface area contributed by atoms with E-state index in [2.05, 4.69) is 0 Å². The summed E-state index contributed by atoms with van der Waals surface area (Å²) in [6.07, 6.45) is 1.42. The third-order valence-corrected chi connectivity index (χ3v) is 4.38. The fourth-order valence-electron chi connectivity index (χ4n) is 2.58. The van der Waals surface area contributed by atoms with E-state index in [1.165, 1.54) is 6.08 Å². The Bertz CT molecular complexity index is 700. The third kappa shape index (κ3) is 3.24. The van der Waals surface area contributed by atoms with Gasteiger partial charge in [0.15, 0.2) is 23.3 Å². The zero-order valence-corrected chi connectivity index (χ0v) is 13.9. The summed E-state index contributed by atoms with van der Waals surface area (Å²) in [4.78, 5) is 12.0. The molecule has 2 atom stereocenters. The first-order chi connectivity index (χ1) is 11.0. The number of halogens is 7. The number of ether oxygens (including phenoxy) is 1. The smallest absolute Gasteiger partial charge is 0.310 e. The van der Waals surface area contributed by atoms with Crippen molar-refractivity contribution in [1.82, 2.24) is 0 Å². The summed E-state index contributed by atoms with van der Waals surface area (Å²) in [7, 11) is 0. The highest BCUT2D eigenvalue weighted by atomic mass is 35.5. The number of carbonyl (C=O) groups excluding carboxylic acids is 1. The van der Waals surface area contributed by atoms with E-state index < -0.39 is 58.6 Å². The van der Waals surface area contributed by atoms with Gasteiger partial charge in [0, 0.05) is 0 Å². The van der Waals surface area contributed by atoms with Crippen LogP contribution in [0, 0.1) is 46.3 Å². The van der Waals surface area contributed by atoms with Gasteiger partial charge in [0.2, 0.25) is 5.82 Å². The van der Waals surface area contributed by atoms with E-state index in [-0.39, 0.29) is 10.4 Å². The number of benzene rings is 1. The van der Waals surface area contributed by atoms with Crippen LogP contribution >= 0.6 is 23.2 Å². The molecule has 0 saturated heterocycles. The Labute approximate surface area is 144 Å². The molecule has 2 nitrogen and oxygen atoms in total. The lowest BCUT2D eigenvalue weighted by Crippen LogP contribution is -2.14. The molecule has 1 aromatic carbocycles. The maximum atomic E-state index is 13.5. The molecule has 9 heteroatoms. The Morgan fingerprint density at radius 1 is 1.04 bits per heavy atom. The first kappa shape index (κ1) is 19.0. The predicted octanol–water partition coefficient (Wildman–Crippen LogP) is 5.02. The molecule has 0 aliphatic heterocycles. The molecule has 1 aromatic rings. The van der Waals surface area contributed by atoms with Crippen molar-refractivity contribution in [2.75, 3.05) is 0 Å². The summed E-state index contributed by atoms with van der Waals surface area (Å²) < 4.78 is 70.8. The molecule has 1 fully saturated rings. The van der Waals surface area contributed by atoms with Gasteiger partial charge in [0.25, 0.3) is 0 Å². The zero-order valence-electron chi connectivity index (χ0n) is 12.4. The van der Waals surface area contributed by atoms with Crippen molar-refractivity contribution < 1.29 is 31.5 Å². The molecule has 0 heterocycles. The second-order valence-electron chi connectivity index (χ2n) is 5.94. The molecular weight excluding hydrogens is 378 g/mol. The van der Waals surface area contributed by atoms with Crippen molar-refractivity contribution >= 4 is 29.2 Å². The first-order valence-electron chi connectivity index (χ1n) is 6.69. The summed E-state index contributed by atoms with van der Waals surface area (Å²) in [6.45, 7) is 2.35. The number of rotatable bonds is 4. The normalized spacial score (nSPS) is 21.4. The monoisotopic (exact) mass is 388 g/mol. The maximum absolute atomic E-state index is 13.5. The number of hydrogen-bond acceptors (Lipinski definition) is 2. The molecule has 0 N–H and O–H groups in total. The van der Waals surface area contributed by atoms with Crippen LogP contribution in [-0.2, 0) is 16.1 Å². The molecule has 0 bridgehead atoms. The minimum Gasteiger partial charge on any atom is -0.460 e. The van der Waals surface area contributed by atoms with Crippen molar-refractivity contribution in [2.45, 2.75) is 20.5 Å². The Kier molecular flexibility index (Phi) is 5.16. The molecule has 0 amide bonds. The molecule has 0 unspecified atom stereocenters. The highest BCUT2D eigenvalue weighted by Gasteiger charge is 2.61. The van der Waals surface area contributed by atoms with Crippen LogP contribution < -0.4 is 0 Å². The lowest BCUT2D eigenvalue weighted by Gasteiger charge is -2.09. The average molecular weight is 389 g/mol. The van der Waals surface area contributed by atoms with Gasteiger partial charge in [-0.2, -0.15) is 0 Å². The molecule has 0 radical (unpaired) electrons. The topological polar surface area (TPSA) is 26.3 Å². The minimum atomic E-state index is -2.27. The second kappa shape index (κ2) is 6.52. The van der Waals surface area contributed by atoms with E-state index in [9.17, 15) is 26.7 Å². The van der Waals surface area contributed by atoms with Crippen molar-refractivity contribution in [3.8, 4) is 0 Å². The molecule has 0 aromatic heterocycles. The van der Waals surface area contributed by atoms with Crippen LogP contribution in [0.2, 0.25) is 0 Å². The third-order valence-electron chi connectivity index (χ3n) is 4.13. The quantitative estimate of drug-likeness (QED) is 0.313. The minimum absolute atomic E-state index is 0.0526. The number of allylic oxidation sites excluding steroid dienone is 1. The van der Waals surface area contributed by atoms with Gasteiger partial charge in [-0.3, -0.25) is 4.79 Å². The fraction of sp³-hybridized carbons (Fsp3) is 0.400. The molecule has 1 saturated carbocycles. The van der Waals surface area contributed by atoms with Crippen molar-refractivity contribution in [1.29, 1.82) is 0 Å². The van der Waals surface area contributed by atoms with Gasteiger partial charge in [-0.05, 0) is 17.4 Å². The Morgan fingerprint density at radius 3 is 1.96 bits per heavy atom. The van der Waals surface area contributed by atoms with Gasteiger partial charge in [-0.25, -0.2) is 22.0 Å². The molecule has 0 spiro atoms. The van der Waals surface area contributed by atoms with Gasteiger partial charge in [-0.1, -0.05) is 37.0 Å². The van der Waals surface area contributed by atoms with E-state index >= 15 is 0 Å². The lowest BCUT2D eigenvalue weighted by atomic mass is 10.1. The van der Waals surface area contributed by atoms with Gasteiger partial charge in [-0.15, -0.1) is 0 Å². The lowest BCUT2D eigenvalue weighted by molar-refractivity contribution is -0.147. The molecule has 132 valence electrons. The molecule has 24 heavy (non-hydrogen) atoms. The van der Waals surface area contributed by atoms with Crippen LogP contribution in [0.3, 0.4) is 0 Å². The van der Waals surface area contributed by atoms with Crippen molar-refractivity contribution in [3.05, 3.63) is 45.2 Å². The van der Waals surface area contributed by atoms with E-state index in [1.807, 2.05) is 0 Å². The van der Waals surface area contributed by atoms with E-state index in [4.69, 9.17) is 27.9 Å². The summed E-state index contributed by atoms with van der Waals surface area (Å²) in [6, 6.07) is 0. The van der Waals surface area contributed by atoms with Crippen LogP contribution in [0.25, 0.3) is 0 Å². The van der Waals surface area contributed by atoms with Crippen LogP contribution in [0.1, 0.15) is 19.4 Å². The largest absolute Gasteiger partial charge is 0.460 e. The first-order valence-corrected chi connectivity index (χ1v) is 7.45. The molecule has 1 aliphatic carbocycles. The predicted molar refractivity (Wildman–Crippen MR) is 76.6 cm³/mol. The highest BCUT2D eigenvalue weighted by Crippen LogP contribution is 2.60. The molecule has 2 rings (SSSR count). The number of carbonyl (C=O) groups is 1. The standard InChI is InChI=1S/C15H11Cl2F5O2/c1-15(2)6(3-7(16)17)8(15)14(23)24-4-5-9(18)11(20)13(22)12(21)10(5)19/h3,6,8H,4H2,1-2H3/t6-,8+/m1/s1. The van der Waals surface area contributed by atoms with E-state index in [1.54, 1.807) is 13.8 Å². The Morgan fingerprint density at radius 2 is 1.50 bits per heavy atom. The van der Waals surface area contributed by atoms with Crippen molar-refractivity contribution in [3.63, 3.8) is 0 Å². The maximum Gasteiger partial charge on any atom is 0.310 e. The van der Waals surface area contributed by atoms with Gasteiger partial charge in [0.05, 0.1) is 11.5 Å². The summed E-state index contributed by atoms with van der Waals surface area (Å²) in [5.41, 5.74) is -1.76. The van der Waals surface area contributed by atoms with Crippen LogP contribution in [0.15, 0.2) is 10.6 Å². The van der Waals surface area contributed by atoms with Crippen LogP contribution in [0.5, 0.6) is 0 Å². The van der Waals surface area contributed by atoms with Crippen LogP contribution in [0.4, 0.5) is 22.0 Å². The molecule has 1 aliphatic rings. The highest BCUT2D eigenvalue weighted by molar-refractivity contribution is 6.55. The second-order valence-corrected chi connectivity index (χ2v) is 6.95. The fourth-order valence-corrected chi connectivity index (χ4v) is 2.86. The van der Waals surface area contributed by atoms with Crippen LogP contribution in [-0.4, -0.2) is 5.97 Å². The van der Waals surface area contributed by atoms with Crippen molar-refractivity contribution in [2.24, 2.45) is 17.3 Å². The SMILES string of the molecule is CC1(C)[C@H](C=C(Cl)Cl)[C@H]1C(=O)OCc1c(F)c(F)c(F)c(F)c1F. The zero-order chi connectivity index (χ0) is 18.4. The average Bonchev–Trinajstić information content (AvgIpc) is 3.02.